The number of amides is 1. The van der Waals surface area contributed by atoms with Crippen LogP contribution in [0.15, 0.2) is 47.4 Å². The molecule has 1 atom stereocenters. The minimum absolute atomic E-state index is 0.00585. The molecule has 1 heterocycles. The molecule has 6 nitrogen and oxygen atoms in total. The Morgan fingerprint density at radius 3 is 2.70 bits per heavy atom. The standard InChI is InChI=1S/C20H24N2O4S/c1-14-7-8-15(2)19(11-14)27(24,25)21-18-6-4-5-17(12-18)20(23)22-9-10-26-16(3)13-22/h4-8,11-12,16,21H,9-10,13H2,1-3H3. The third-order valence-corrected chi connectivity index (χ3v) is 6.05. The molecule has 0 radical (unpaired) electrons. The number of carbonyl (C=O) groups excluding carboxylic acids is 1. The number of carbonyl (C=O) groups is 1. The number of benzene rings is 2. The zero-order valence-electron chi connectivity index (χ0n) is 15.7. The van der Waals surface area contributed by atoms with E-state index < -0.39 is 10.0 Å². The molecular formula is C20H24N2O4S. The van der Waals surface area contributed by atoms with Gasteiger partial charge in [-0.1, -0.05) is 18.2 Å². The van der Waals surface area contributed by atoms with Crippen LogP contribution in [0, 0.1) is 13.8 Å². The number of anilines is 1. The van der Waals surface area contributed by atoms with Crippen LogP contribution < -0.4 is 4.72 Å². The molecule has 1 amide bonds. The van der Waals surface area contributed by atoms with Gasteiger partial charge in [-0.05, 0) is 56.2 Å². The predicted octanol–water partition coefficient (Wildman–Crippen LogP) is 2.97. The van der Waals surface area contributed by atoms with Crippen LogP contribution in [0.2, 0.25) is 0 Å². The fourth-order valence-electron chi connectivity index (χ4n) is 3.11. The average Bonchev–Trinajstić information content (AvgIpc) is 2.63. The Morgan fingerprint density at radius 2 is 1.96 bits per heavy atom. The molecule has 0 aromatic heterocycles. The van der Waals surface area contributed by atoms with Crippen LogP contribution in [0.25, 0.3) is 0 Å². The van der Waals surface area contributed by atoms with Crippen LogP contribution >= 0.6 is 0 Å². The van der Waals surface area contributed by atoms with Crippen LogP contribution in [0.1, 0.15) is 28.4 Å². The predicted molar refractivity (Wildman–Crippen MR) is 104 cm³/mol. The van der Waals surface area contributed by atoms with E-state index in [-0.39, 0.29) is 16.9 Å². The summed E-state index contributed by atoms with van der Waals surface area (Å²) in [5.41, 5.74) is 2.35. The third kappa shape index (κ3) is 4.48. The van der Waals surface area contributed by atoms with Crippen LogP contribution in [0.4, 0.5) is 5.69 Å². The molecule has 1 saturated heterocycles. The Hall–Kier alpha value is -2.38. The first kappa shape index (κ1) is 19.4. The van der Waals surface area contributed by atoms with E-state index in [0.717, 1.165) is 5.56 Å². The Kier molecular flexibility index (Phi) is 5.53. The zero-order chi connectivity index (χ0) is 19.6. The summed E-state index contributed by atoms with van der Waals surface area (Å²) in [6.45, 7) is 7.09. The number of nitrogens with zero attached hydrogens (tertiary/aromatic N) is 1. The van der Waals surface area contributed by atoms with E-state index in [2.05, 4.69) is 4.72 Å². The number of sulfonamides is 1. The molecule has 2 aromatic carbocycles. The third-order valence-electron chi connectivity index (χ3n) is 4.52. The molecule has 144 valence electrons. The van der Waals surface area contributed by atoms with Crippen molar-refractivity contribution >= 4 is 21.6 Å². The molecular weight excluding hydrogens is 364 g/mol. The Balaban J connectivity index is 1.83. The second-order valence-corrected chi connectivity index (χ2v) is 8.54. The monoisotopic (exact) mass is 388 g/mol. The van der Waals surface area contributed by atoms with E-state index in [1.165, 1.54) is 0 Å². The normalized spacial score (nSPS) is 17.6. The first-order valence-corrected chi connectivity index (χ1v) is 10.4. The Morgan fingerprint density at radius 1 is 1.19 bits per heavy atom. The van der Waals surface area contributed by atoms with E-state index in [4.69, 9.17) is 4.74 Å². The summed E-state index contributed by atoms with van der Waals surface area (Å²) in [6, 6.07) is 11.9. The van der Waals surface area contributed by atoms with Crippen molar-refractivity contribution in [2.45, 2.75) is 31.8 Å². The maximum atomic E-state index is 12.8. The highest BCUT2D eigenvalue weighted by Crippen LogP contribution is 2.22. The van der Waals surface area contributed by atoms with Gasteiger partial charge in [0.2, 0.25) is 0 Å². The summed E-state index contributed by atoms with van der Waals surface area (Å²) in [4.78, 5) is 14.7. The van der Waals surface area contributed by atoms with Crippen LogP contribution in [0.3, 0.4) is 0 Å². The van der Waals surface area contributed by atoms with E-state index in [1.54, 1.807) is 48.2 Å². The van der Waals surface area contributed by atoms with Crippen molar-refractivity contribution in [3.05, 3.63) is 59.2 Å². The fourth-order valence-corrected chi connectivity index (χ4v) is 4.49. The average molecular weight is 388 g/mol. The molecule has 1 unspecified atom stereocenters. The number of nitrogens with one attached hydrogen (secondary N) is 1. The quantitative estimate of drug-likeness (QED) is 0.874. The lowest BCUT2D eigenvalue weighted by Crippen LogP contribution is -2.44. The minimum Gasteiger partial charge on any atom is -0.375 e. The van der Waals surface area contributed by atoms with Gasteiger partial charge in [0.25, 0.3) is 15.9 Å². The molecule has 3 rings (SSSR count). The van der Waals surface area contributed by atoms with Gasteiger partial charge in [-0.2, -0.15) is 0 Å². The fraction of sp³-hybridized carbons (Fsp3) is 0.350. The topological polar surface area (TPSA) is 75.7 Å². The number of hydrogen-bond donors (Lipinski definition) is 1. The summed E-state index contributed by atoms with van der Waals surface area (Å²) in [6.07, 6.45) is -0.00585. The number of rotatable bonds is 4. The second kappa shape index (κ2) is 7.70. The van der Waals surface area contributed by atoms with Crippen molar-refractivity contribution in [1.29, 1.82) is 0 Å². The highest BCUT2D eigenvalue weighted by atomic mass is 32.2. The molecule has 1 fully saturated rings. The van der Waals surface area contributed by atoms with E-state index in [1.807, 2.05) is 19.9 Å². The highest BCUT2D eigenvalue weighted by Gasteiger charge is 2.23. The molecule has 0 bridgehead atoms. The van der Waals surface area contributed by atoms with Crippen LogP contribution in [0.5, 0.6) is 0 Å². The van der Waals surface area contributed by atoms with Crippen LogP contribution in [-0.4, -0.2) is 45.0 Å². The van der Waals surface area contributed by atoms with Gasteiger partial charge in [-0.15, -0.1) is 0 Å². The molecule has 0 spiro atoms. The van der Waals surface area contributed by atoms with Gasteiger partial charge in [0, 0.05) is 24.3 Å². The summed E-state index contributed by atoms with van der Waals surface area (Å²) in [7, 11) is -3.74. The van der Waals surface area contributed by atoms with E-state index >= 15 is 0 Å². The minimum atomic E-state index is -3.74. The van der Waals surface area contributed by atoms with Crippen LogP contribution in [-0.2, 0) is 14.8 Å². The van der Waals surface area contributed by atoms with Gasteiger partial charge in [0.1, 0.15) is 0 Å². The van der Waals surface area contributed by atoms with Gasteiger partial charge in [0.15, 0.2) is 0 Å². The van der Waals surface area contributed by atoms with Gasteiger partial charge >= 0.3 is 0 Å². The number of morpholine rings is 1. The summed E-state index contributed by atoms with van der Waals surface area (Å²) >= 11 is 0. The smallest absolute Gasteiger partial charge is 0.262 e. The molecule has 1 aliphatic heterocycles. The van der Waals surface area contributed by atoms with Crippen molar-refractivity contribution in [2.75, 3.05) is 24.4 Å². The highest BCUT2D eigenvalue weighted by molar-refractivity contribution is 7.92. The Labute approximate surface area is 160 Å². The van der Waals surface area contributed by atoms with E-state index in [9.17, 15) is 13.2 Å². The maximum absolute atomic E-state index is 12.8. The zero-order valence-corrected chi connectivity index (χ0v) is 16.5. The first-order valence-electron chi connectivity index (χ1n) is 8.87. The lowest BCUT2D eigenvalue weighted by atomic mass is 10.1. The van der Waals surface area contributed by atoms with Gasteiger partial charge in [-0.25, -0.2) is 8.42 Å². The lowest BCUT2D eigenvalue weighted by Gasteiger charge is -2.31. The largest absolute Gasteiger partial charge is 0.375 e. The number of ether oxygens (including phenoxy) is 1. The van der Waals surface area contributed by atoms with Crippen molar-refractivity contribution in [2.24, 2.45) is 0 Å². The molecule has 27 heavy (non-hydrogen) atoms. The van der Waals surface area contributed by atoms with Gasteiger partial charge in [-0.3, -0.25) is 9.52 Å². The first-order chi connectivity index (χ1) is 12.8. The lowest BCUT2D eigenvalue weighted by molar-refractivity contribution is -0.0124. The van der Waals surface area contributed by atoms with Gasteiger partial charge in [0.05, 0.1) is 17.6 Å². The second-order valence-electron chi connectivity index (χ2n) is 6.89. The van der Waals surface area contributed by atoms with Crippen molar-refractivity contribution in [1.82, 2.24) is 4.90 Å². The molecule has 0 saturated carbocycles. The van der Waals surface area contributed by atoms with Crippen molar-refractivity contribution in [3.8, 4) is 0 Å². The summed E-state index contributed by atoms with van der Waals surface area (Å²) < 4.78 is 33.6. The van der Waals surface area contributed by atoms with Crippen molar-refractivity contribution < 1.29 is 17.9 Å². The summed E-state index contributed by atoms with van der Waals surface area (Å²) in [5, 5.41) is 0. The number of aryl methyl sites for hydroxylation is 2. The molecule has 1 aliphatic rings. The maximum Gasteiger partial charge on any atom is 0.262 e. The number of hydrogen-bond acceptors (Lipinski definition) is 4. The molecule has 1 N–H and O–H groups in total. The Bertz CT molecular complexity index is 956. The molecule has 7 heteroatoms. The van der Waals surface area contributed by atoms with Gasteiger partial charge < -0.3 is 9.64 Å². The SMILES string of the molecule is Cc1ccc(C)c(S(=O)(=O)Nc2cccc(C(=O)N3CCOC(C)C3)c2)c1. The summed E-state index contributed by atoms with van der Waals surface area (Å²) in [5.74, 6) is -0.127. The van der Waals surface area contributed by atoms with Crippen molar-refractivity contribution in [3.63, 3.8) is 0 Å². The molecule has 2 aromatic rings. The molecule has 0 aliphatic carbocycles. The van der Waals surface area contributed by atoms with E-state index in [0.29, 0.717) is 36.5 Å².